The Hall–Kier alpha value is -1.60. The first kappa shape index (κ1) is 14.5. The lowest BCUT2D eigenvalue weighted by Crippen LogP contribution is -2.19. The molecule has 100 valence electrons. The molecule has 1 aromatic rings. The molecule has 1 rings (SSSR count). The van der Waals surface area contributed by atoms with E-state index >= 15 is 0 Å². The van der Waals surface area contributed by atoms with Gasteiger partial charge in [-0.3, -0.25) is 0 Å². The summed E-state index contributed by atoms with van der Waals surface area (Å²) >= 11 is 0. The highest BCUT2D eigenvalue weighted by molar-refractivity contribution is 7.89. The molecule has 0 unspecified atom stereocenters. The summed E-state index contributed by atoms with van der Waals surface area (Å²) in [5.74, 6) is -1.15. The number of anilines is 1. The van der Waals surface area contributed by atoms with Gasteiger partial charge in [0.15, 0.2) is 0 Å². The molecule has 18 heavy (non-hydrogen) atoms. The number of nitrogens with one attached hydrogen (secondary N) is 1. The average molecular weight is 272 g/mol. The Balaban J connectivity index is 2.70. The summed E-state index contributed by atoms with van der Waals surface area (Å²) in [6.07, 6.45) is 0.326. The van der Waals surface area contributed by atoms with E-state index in [1.165, 1.54) is 6.07 Å². The van der Waals surface area contributed by atoms with Crippen molar-refractivity contribution in [3.05, 3.63) is 29.3 Å². The van der Waals surface area contributed by atoms with Crippen molar-refractivity contribution < 1.29 is 18.3 Å². The second-order valence-corrected chi connectivity index (χ2v) is 5.68. The first-order chi connectivity index (χ1) is 8.31. The van der Waals surface area contributed by atoms with Gasteiger partial charge in [-0.15, -0.1) is 0 Å². The molecule has 0 aliphatic carbocycles. The molecule has 0 radical (unpaired) electrons. The van der Waals surface area contributed by atoms with Crippen LogP contribution in [0.3, 0.4) is 0 Å². The van der Waals surface area contributed by atoms with Crippen LogP contribution < -0.4 is 10.5 Å². The summed E-state index contributed by atoms with van der Waals surface area (Å²) in [4.78, 5) is 11.0. The van der Waals surface area contributed by atoms with Crippen molar-refractivity contribution in [3.63, 3.8) is 0 Å². The molecule has 0 spiro atoms. The summed E-state index contributed by atoms with van der Waals surface area (Å²) in [5.41, 5.74) is 1.48. The van der Waals surface area contributed by atoms with E-state index in [1.54, 1.807) is 19.1 Å². The number of carbonyl (C=O) groups is 1. The number of carboxylic acid groups (broad SMARTS) is 1. The Bertz CT molecular complexity index is 540. The van der Waals surface area contributed by atoms with Gasteiger partial charge in [-0.1, -0.05) is 12.1 Å². The lowest BCUT2D eigenvalue weighted by Gasteiger charge is -2.12. The topological polar surface area (TPSA) is 109 Å². The summed E-state index contributed by atoms with van der Waals surface area (Å²) in [6.45, 7) is 2.13. The maximum atomic E-state index is 11.0. The van der Waals surface area contributed by atoms with E-state index in [9.17, 15) is 13.2 Å². The highest BCUT2D eigenvalue weighted by Gasteiger charge is 2.11. The van der Waals surface area contributed by atoms with E-state index in [0.717, 1.165) is 5.56 Å². The summed E-state index contributed by atoms with van der Waals surface area (Å²) < 4.78 is 21.5. The molecule has 0 aromatic heterocycles. The van der Waals surface area contributed by atoms with Gasteiger partial charge in [-0.2, -0.15) is 0 Å². The Morgan fingerprint density at radius 2 is 2.11 bits per heavy atom. The zero-order valence-corrected chi connectivity index (χ0v) is 10.8. The predicted molar refractivity (Wildman–Crippen MR) is 69.2 cm³/mol. The Kier molecular flexibility index (Phi) is 4.69. The number of nitrogens with two attached hydrogens (primary N) is 1. The second-order valence-electron chi connectivity index (χ2n) is 3.95. The van der Waals surface area contributed by atoms with Crippen LogP contribution >= 0.6 is 0 Å². The number of sulfonamides is 1. The van der Waals surface area contributed by atoms with Gasteiger partial charge in [0, 0.05) is 6.54 Å². The van der Waals surface area contributed by atoms with Crippen LogP contribution in [0, 0.1) is 6.92 Å². The Morgan fingerprint density at radius 1 is 1.44 bits per heavy atom. The van der Waals surface area contributed by atoms with Gasteiger partial charge in [0.25, 0.3) is 0 Å². The van der Waals surface area contributed by atoms with Crippen LogP contribution in [-0.4, -0.2) is 31.8 Å². The quantitative estimate of drug-likeness (QED) is 0.663. The van der Waals surface area contributed by atoms with Crippen LogP contribution in [0.4, 0.5) is 5.69 Å². The zero-order chi connectivity index (χ0) is 13.8. The number of carboxylic acids is 1. The molecule has 0 aliphatic rings. The Morgan fingerprint density at radius 3 is 2.67 bits per heavy atom. The number of hydrogen-bond acceptors (Lipinski definition) is 4. The molecular weight excluding hydrogens is 256 g/mol. The molecule has 6 nitrogen and oxygen atoms in total. The van der Waals surface area contributed by atoms with Gasteiger partial charge in [0.2, 0.25) is 10.0 Å². The van der Waals surface area contributed by atoms with Crippen molar-refractivity contribution >= 4 is 21.7 Å². The van der Waals surface area contributed by atoms with Crippen LogP contribution in [0.1, 0.15) is 22.3 Å². The van der Waals surface area contributed by atoms with Crippen molar-refractivity contribution in [2.45, 2.75) is 13.3 Å². The summed E-state index contributed by atoms with van der Waals surface area (Å²) in [5, 5.41) is 16.8. The average Bonchev–Trinajstić information content (AvgIpc) is 2.24. The summed E-state index contributed by atoms with van der Waals surface area (Å²) in [6, 6.07) is 4.94. The SMILES string of the molecule is Cc1cccc(C(=O)O)c1NCCCS(N)(=O)=O. The number of rotatable bonds is 6. The largest absolute Gasteiger partial charge is 0.478 e. The first-order valence-corrected chi connectivity index (χ1v) is 7.10. The van der Waals surface area contributed by atoms with Crippen LogP contribution in [-0.2, 0) is 10.0 Å². The molecule has 0 saturated heterocycles. The van der Waals surface area contributed by atoms with Gasteiger partial charge < -0.3 is 10.4 Å². The third kappa shape index (κ3) is 4.34. The monoisotopic (exact) mass is 272 g/mol. The highest BCUT2D eigenvalue weighted by Crippen LogP contribution is 2.20. The number of para-hydroxylation sites is 1. The minimum Gasteiger partial charge on any atom is -0.478 e. The zero-order valence-electron chi connectivity index (χ0n) is 10.0. The van der Waals surface area contributed by atoms with Crippen LogP contribution in [0.2, 0.25) is 0 Å². The molecule has 0 amide bonds. The van der Waals surface area contributed by atoms with Crippen molar-refractivity contribution in [3.8, 4) is 0 Å². The van der Waals surface area contributed by atoms with E-state index < -0.39 is 16.0 Å². The van der Waals surface area contributed by atoms with E-state index in [4.69, 9.17) is 10.2 Å². The molecule has 4 N–H and O–H groups in total. The minimum absolute atomic E-state index is 0.131. The van der Waals surface area contributed by atoms with E-state index in [2.05, 4.69) is 5.32 Å². The molecule has 1 aromatic carbocycles. The normalized spacial score (nSPS) is 11.2. The number of aryl methyl sites for hydroxylation is 1. The van der Waals surface area contributed by atoms with Gasteiger partial charge in [0.1, 0.15) is 0 Å². The fourth-order valence-corrected chi connectivity index (χ4v) is 2.11. The van der Waals surface area contributed by atoms with Crippen molar-refractivity contribution in [1.29, 1.82) is 0 Å². The number of benzene rings is 1. The molecule has 0 fully saturated rings. The maximum Gasteiger partial charge on any atom is 0.337 e. The molecule has 0 saturated carbocycles. The Labute approximate surface area is 106 Å². The second kappa shape index (κ2) is 5.83. The smallest absolute Gasteiger partial charge is 0.337 e. The fourth-order valence-electron chi connectivity index (χ4n) is 1.57. The van der Waals surface area contributed by atoms with E-state index in [-0.39, 0.29) is 11.3 Å². The summed E-state index contributed by atoms with van der Waals surface area (Å²) in [7, 11) is -3.47. The predicted octanol–water partition coefficient (Wildman–Crippen LogP) is 0.784. The molecule has 0 bridgehead atoms. The van der Waals surface area contributed by atoms with E-state index in [0.29, 0.717) is 18.7 Å². The maximum absolute atomic E-state index is 11.0. The molecule has 0 aliphatic heterocycles. The standard InChI is InChI=1S/C11H16N2O4S/c1-8-4-2-5-9(11(14)15)10(8)13-6-3-7-18(12,16)17/h2,4-5,13H,3,6-7H2,1H3,(H,14,15)(H2,12,16,17). The number of primary sulfonamides is 1. The van der Waals surface area contributed by atoms with Crippen molar-refractivity contribution in [2.24, 2.45) is 5.14 Å². The van der Waals surface area contributed by atoms with Crippen molar-refractivity contribution in [1.82, 2.24) is 0 Å². The van der Waals surface area contributed by atoms with Gasteiger partial charge in [-0.25, -0.2) is 18.4 Å². The number of hydrogen-bond donors (Lipinski definition) is 3. The highest BCUT2D eigenvalue weighted by atomic mass is 32.2. The fraction of sp³-hybridized carbons (Fsp3) is 0.364. The lowest BCUT2D eigenvalue weighted by molar-refractivity contribution is 0.0698. The molecule has 0 atom stereocenters. The van der Waals surface area contributed by atoms with Gasteiger partial charge in [0.05, 0.1) is 17.0 Å². The van der Waals surface area contributed by atoms with Gasteiger partial charge >= 0.3 is 5.97 Å². The number of aromatic carboxylic acids is 1. The lowest BCUT2D eigenvalue weighted by atomic mass is 10.1. The van der Waals surface area contributed by atoms with Gasteiger partial charge in [-0.05, 0) is 25.0 Å². The molecule has 0 heterocycles. The third-order valence-electron chi connectivity index (χ3n) is 2.41. The molecular formula is C11H16N2O4S. The third-order valence-corrected chi connectivity index (χ3v) is 3.27. The van der Waals surface area contributed by atoms with Crippen LogP contribution in [0.5, 0.6) is 0 Å². The van der Waals surface area contributed by atoms with Crippen LogP contribution in [0.15, 0.2) is 18.2 Å². The first-order valence-electron chi connectivity index (χ1n) is 5.38. The van der Waals surface area contributed by atoms with Crippen LogP contribution in [0.25, 0.3) is 0 Å². The minimum atomic E-state index is -3.47. The molecule has 7 heteroatoms. The van der Waals surface area contributed by atoms with E-state index in [1.807, 2.05) is 0 Å². The van der Waals surface area contributed by atoms with Crippen molar-refractivity contribution in [2.75, 3.05) is 17.6 Å².